The van der Waals surface area contributed by atoms with Crippen molar-refractivity contribution < 1.29 is 56.5 Å². The van der Waals surface area contributed by atoms with E-state index in [0.717, 1.165) is 12.1 Å². The van der Waals surface area contributed by atoms with Gasteiger partial charge in [0, 0.05) is 6.04 Å². The Balaban J connectivity index is 2.20. The summed E-state index contributed by atoms with van der Waals surface area (Å²) in [4.78, 5) is 9.80. The molecule has 1 atom stereocenters. The van der Waals surface area contributed by atoms with E-state index in [1.54, 1.807) is 5.32 Å². The number of nitrogens with one attached hydrogen (secondary N) is 1. The van der Waals surface area contributed by atoms with E-state index in [1.807, 2.05) is 0 Å². The molecule has 2 aromatic rings. The van der Waals surface area contributed by atoms with Crippen LogP contribution in [0.3, 0.4) is 0 Å². The molecule has 0 bridgehead atoms. The molecule has 0 saturated carbocycles. The van der Waals surface area contributed by atoms with E-state index in [-0.39, 0.29) is 12.5 Å². The van der Waals surface area contributed by atoms with Gasteiger partial charge < -0.3 is 9.50 Å². The molecule has 16 heteroatoms. The molecule has 0 aliphatic rings. The second-order valence-corrected chi connectivity index (χ2v) is 10.3. The number of hydrogen-bond donors (Lipinski definition) is 1. The molecule has 0 radical (unpaired) electrons. The minimum atomic E-state index is -6.18. The molecule has 0 heterocycles. The predicted octanol–water partition coefficient (Wildman–Crippen LogP) is 3.50. The first-order valence-electron chi connectivity index (χ1n) is 8.86. The zero-order valence-corrected chi connectivity index (χ0v) is 18.4. The molecule has 188 valence electrons. The molecule has 0 fully saturated rings. The van der Waals surface area contributed by atoms with Crippen molar-refractivity contribution in [2.45, 2.75) is 40.9 Å². The SMILES string of the molecule is C[C@H](Cc1ccc(S(=O)(=O)c2ccc(OS(=O)(=O)C(F)(F)F)c(F)c2)cc1)NC(=O)C(F)(F)F. The molecule has 1 amide bonds. The van der Waals surface area contributed by atoms with E-state index in [0.29, 0.717) is 17.7 Å². The van der Waals surface area contributed by atoms with E-state index in [1.165, 1.54) is 19.1 Å². The normalized spacial score (nSPS) is 13.9. The van der Waals surface area contributed by atoms with Gasteiger partial charge in [-0.1, -0.05) is 12.1 Å². The molecule has 1 N–H and O–H groups in total. The molecule has 0 spiro atoms. The number of alkyl halides is 6. The number of sulfone groups is 1. The highest BCUT2D eigenvalue weighted by Crippen LogP contribution is 2.31. The Morgan fingerprint density at radius 3 is 1.94 bits per heavy atom. The van der Waals surface area contributed by atoms with Crippen LogP contribution in [-0.4, -0.2) is 40.5 Å². The average Bonchev–Trinajstić information content (AvgIpc) is 2.68. The molecular formula is C18H14F7NO6S2. The molecule has 0 saturated heterocycles. The molecule has 0 aliphatic carbocycles. The Hall–Kier alpha value is -2.88. The van der Waals surface area contributed by atoms with Gasteiger partial charge >= 0.3 is 27.7 Å². The lowest BCUT2D eigenvalue weighted by molar-refractivity contribution is -0.174. The quantitative estimate of drug-likeness (QED) is 0.329. The van der Waals surface area contributed by atoms with Crippen LogP contribution in [0.1, 0.15) is 12.5 Å². The van der Waals surface area contributed by atoms with E-state index in [9.17, 15) is 52.4 Å². The van der Waals surface area contributed by atoms with E-state index in [4.69, 9.17) is 0 Å². The summed E-state index contributed by atoms with van der Waals surface area (Å²) in [6.07, 6.45) is -5.16. The lowest BCUT2D eigenvalue weighted by Gasteiger charge is -2.15. The van der Waals surface area contributed by atoms with Gasteiger partial charge in [0.05, 0.1) is 9.79 Å². The zero-order chi connectivity index (χ0) is 26.1. The van der Waals surface area contributed by atoms with Crippen LogP contribution in [0.5, 0.6) is 5.75 Å². The molecule has 34 heavy (non-hydrogen) atoms. The van der Waals surface area contributed by atoms with Crippen molar-refractivity contribution in [3.63, 3.8) is 0 Å². The van der Waals surface area contributed by atoms with Gasteiger partial charge in [-0.25, -0.2) is 12.8 Å². The molecule has 0 unspecified atom stereocenters. The van der Waals surface area contributed by atoms with E-state index in [2.05, 4.69) is 4.18 Å². The second kappa shape index (κ2) is 9.40. The summed E-state index contributed by atoms with van der Waals surface area (Å²) in [5, 5.41) is 1.73. The smallest absolute Gasteiger partial charge is 0.373 e. The lowest BCUT2D eigenvalue weighted by Crippen LogP contribution is -2.42. The summed E-state index contributed by atoms with van der Waals surface area (Å²) < 4.78 is 139. The van der Waals surface area contributed by atoms with Gasteiger partial charge in [-0.2, -0.15) is 34.8 Å². The Morgan fingerprint density at radius 2 is 1.47 bits per heavy atom. The number of halogens is 7. The van der Waals surface area contributed by atoms with Gasteiger partial charge in [0.2, 0.25) is 9.84 Å². The summed E-state index contributed by atoms with van der Waals surface area (Å²) in [5.41, 5.74) is -5.49. The highest BCUT2D eigenvalue weighted by molar-refractivity contribution is 7.91. The third kappa shape index (κ3) is 6.37. The molecule has 0 aromatic heterocycles. The molecule has 2 rings (SSSR count). The van der Waals surface area contributed by atoms with Gasteiger partial charge in [0.25, 0.3) is 0 Å². The van der Waals surface area contributed by atoms with Crippen LogP contribution < -0.4 is 9.50 Å². The maximum Gasteiger partial charge on any atom is 0.534 e. The van der Waals surface area contributed by atoms with Crippen LogP contribution in [-0.2, 0) is 31.2 Å². The van der Waals surface area contributed by atoms with E-state index >= 15 is 0 Å². The maximum absolute atomic E-state index is 14.1. The van der Waals surface area contributed by atoms with Gasteiger partial charge in [0.15, 0.2) is 11.6 Å². The van der Waals surface area contributed by atoms with Crippen LogP contribution in [0.15, 0.2) is 52.3 Å². The fourth-order valence-corrected chi connectivity index (χ4v) is 4.27. The summed E-state index contributed by atoms with van der Waals surface area (Å²) in [5.74, 6) is -5.21. The Kier molecular flexibility index (Phi) is 7.57. The maximum atomic E-state index is 14.1. The van der Waals surface area contributed by atoms with Gasteiger partial charge in [-0.3, -0.25) is 4.79 Å². The number of hydrogen-bond acceptors (Lipinski definition) is 6. The highest BCUT2D eigenvalue weighted by Gasteiger charge is 2.49. The number of benzene rings is 2. The third-order valence-corrected chi connectivity index (χ3v) is 6.84. The van der Waals surface area contributed by atoms with Gasteiger partial charge in [0.1, 0.15) is 0 Å². The first-order chi connectivity index (χ1) is 15.3. The number of carbonyl (C=O) groups excluding carboxylic acids is 1. The second-order valence-electron chi connectivity index (χ2n) is 6.80. The van der Waals surface area contributed by atoms with Gasteiger partial charge in [-0.05, 0) is 49.2 Å². The van der Waals surface area contributed by atoms with Gasteiger partial charge in [-0.15, -0.1) is 0 Å². The van der Waals surface area contributed by atoms with Crippen molar-refractivity contribution in [3.05, 3.63) is 53.8 Å². The average molecular weight is 537 g/mol. The van der Waals surface area contributed by atoms with Crippen molar-refractivity contribution in [3.8, 4) is 5.75 Å². The fourth-order valence-electron chi connectivity index (χ4n) is 2.53. The Bertz CT molecular complexity index is 1270. The molecule has 0 aliphatic heterocycles. The monoisotopic (exact) mass is 537 g/mol. The molecule has 2 aromatic carbocycles. The highest BCUT2D eigenvalue weighted by atomic mass is 32.2. The van der Waals surface area contributed by atoms with Crippen LogP contribution in [0.25, 0.3) is 0 Å². The first-order valence-corrected chi connectivity index (χ1v) is 11.8. The third-order valence-electron chi connectivity index (χ3n) is 4.11. The van der Waals surface area contributed by atoms with Crippen LogP contribution >= 0.6 is 0 Å². The summed E-state index contributed by atoms with van der Waals surface area (Å²) in [7, 11) is -10.6. The van der Waals surface area contributed by atoms with Crippen LogP contribution in [0, 0.1) is 5.82 Å². The number of amides is 1. The molecular weight excluding hydrogens is 523 g/mol. The first kappa shape index (κ1) is 27.4. The van der Waals surface area contributed by atoms with Crippen molar-refractivity contribution >= 4 is 25.9 Å². The predicted molar refractivity (Wildman–Crippen MR) is 101 cm³/mol. The molecule has 7 nitrogen and oxygen atoms in total. The van der Waals surface area contributed by atoms with Crippen molar-refractivity contribution in [2.75, 3.05) is 0 Å². The Morgan fingerprint density at radius 1 is 0.941 bits per heavy atom. The van der Waals surface area contributed by atoms with Crippen molar-refractivity contribution in [1.29, 1.82) is 0 Å². The fraction of sp³-hybridized carbons (Fsp3) is 0.278. The van der Waals surface area contributed by atoms with Crippen LogP contribution in [0.2, 0.25) is 0 Å². The number of carbonyl (C=O) groups is 1. The standard InChI is InChI=1S/C18H14F7NO6S2/c1-10(26-16(27)17(20,21)22)8-11-2-4-12(5-3-11)33(28,29)13-6-7-15(14(19)9-13)32-34(30,31)18(23,24)25/h2-7,9-10H,8H2,1H3,(H,26,27)/t10-/m1/s1. The summed E-state index contributed by atoms with van der Waals surface area (Å²) in [6.45, 7) is 1.29. The largest absolute Gasteiger partial charge is 0.534 e. The lowest BCUT2D eigenvalue weighted by atomic mass is 10.1. The van der Waals surface area contributed by atoms with E-state index < -0.39 is 64.9 Å². The zero-order valence-electron chi connectivity index (χ0n) is 16.7. The topological polar surface area (TPSA) is 107 Å². The minimum absolute atomic E-state index is 0.0868. The minimum Gasteiger partial charge on any atom is -0.373 e. The summed E-state index contributed by atoms with van der Waals surface area (Å²) in [6, 6.07) is 4.87. The van der Waals surface area contributed by atoms with Crippen molar-refractivity contribution in [1.82, 2.24) is 5.32 Å². The van der Waals surface area contributed by atoms with Crippen molar-refractivity contribution in [2.24, 2.45) is 0 Å². The number of rotatable bonds is 7. The Labute approximate surface area is 188 Å². The summed E-state index contributed by atoms with van der Waals surface area (Å²) >= 11 is 0. The van der Waals surface area contributed by atoms with Crippen LogP contribution in [0.4, 0.5) is 30.7 Å².